The minimum absolute atomic E-state index is 0. The van der Waals surface area contributed by atoms with Crippen LogP contribution in [0.2, 0.25) is 0 Å². The third kappa shape index (κ3) is 5.63. The van der Waals surface area contributed by atoms with E-state index in [4.69, 9.17) is 0 Å². The Morgan fingerprint density at radius 3 is 2.67 bits per heavy atom. The molecule has 1 amide bonds. The molecule has 1 aliphatic rings. The summed E-state index contributed by atoms with van der Waals surface area (Å²) in [5.74, 6) is -0.353. The van der Waals surface area contributed by atoms with Gasteiger partial charge in [0.05, 0.1) is 6.54 Å². The van der Waals surface area contributed by atoms with Crippen LogP contribution in [0, 0.1) is 0 Å². The van der Waals surface area contributed by atoms with Crippen LogP contribution in [-0.2, 0) is 34.5 Å². The van der Waals surface area contributed by atoms with Crippen molar-refractivity contribution in [3.8, 4) is 0 Å². The number of pyridine rings is 1. The molecule has 0 fully saturated rings. The molecule has 1 aromatic heterocycles. The van der Waals surface area contributed by atoms with Crippen LogP contribution < -0.4 is 10.6 Å². The maximum absolute atomic E-state index is 12.4. The molecule has 27 heavy (non-hydrogen) atoms. The first kappa shape index (κ1) is 23.3. The average Bonchev–Trinajstić information content (AvgIpc) is 3.08. The normalized spacial score (nSPS) is 12.7. The Balaban J connectivity index is 0.00000182. The van der Waals surface area contributed by atoms with Gasteiger partial charge in [0.15, 0.2) is 0 Å². The van der Waals surface area contributed by atoms with E-state index in [1.165, 1.54) is 36.6 Å². The zero-order valence-electron chi connectivity index (χ0n) is 14.7. The van der Waals surface area contributed by atoms with Gasteiger partial charge in [0.25, 0.3) is 0 Å². The topological polar surface area (TPSA) is 91.4 Å². The van der Waals surface area contributed by atoms with Gasteiger partial charge in [-0.15, -0.1) is 24.8 Å². The summed E-state index contributed by atoms with van der Waals surface area (Å²) in [5.41, 5.74) is 3.51. The van der Waals surface area contributed by atoms with Gasteiger partial charge in [0.2, 0.25) is 15.9 Å². The van der Waals surface area contributed by atoms with Crippen LogP contribution in [0.25, 0.3) is 0 Å². The van der Waals surface area contributed by atoms with Gasteiger partial charge in [-0.25, -0.2) is 8.42 Å². The average molecular weight is 433 g/mol. The lowest BCUT2D eigenvalue weighted by atomic mass is 10.1. The van der Waals surface area contributed by atoms with E-state index in [2.05, 4.69) is 27.8 Å². The molecule has 3 rings (SSSR count). The van der Waals surface area contributed by atoms with Gasteiger partial charge in [-0.2, -0.15) is 4.31 Å². The summed E-state index contributed by atoms with van der Waals surface area (Å²) in [4.78, 5) is 16.0. The first-order valence-corrected chi connectivity index (χ1v) is 9.35. The van der Waals surface area contributed by atoms with Crippen LogP contribution in [0.1, 0.15) is 16.7 Å². The van der Waals surface area contributed by atoms with E-state index in [-0.39, 0.29) is 42.2 Å². The Kier molecular flexibility index (Phi) is 8.64. The Labute approximate surface area is 171 Å². The summed E-state index contributed by atoms with van der Waals surface area (Å²) < 4.78 is 25.8. The summed E-state index contributed by atoms with van der Waals surface area (Å²) in [6.07, 6.45) is 2.76. The quantitative estimate of drug-likeness (QED) is 0.720. The third-order valence-electron chi connectivity index (χ3n) is 4.10. The monoisotopic (exact) mass is 432 g/mol. The van der Waals surface area contributed by atoms with Gasteiger partial charge in [-0.3, -0.25) is 9.78 Å². The highest BCUT2D eigenvalue weighted by Crippen LogP contribution is 2.17. The highest BCUT2D eigenvalue weighted by molar-refractivity contribution is 7.89. The van der Waals surface area contributed by atoms with Crippen molar-refractivity contribution in [2.24, 2.45) is 0 Å². The second kappa shape index (κ2) is 10.0. The second-order valence-corrected chi connectivity index (χ2v) is 7.98. The number of amides is 1. The smallest absolute Gasteiger partial charge is 0.244 e. The number of likely N-dealkylation sites (N-methyl/N-ethyl adjacent to an activating group) is 1. The number of sulfonamides is 1. The van der Waals surface area contributed by atoms with Crippen molar-refractivity contribution in [3.63, 3.8) is 0 Å². The van der Waals surface area contributed by atoms with Crippen molar-refractivity contribution < 1.29 is 13.2 Å². The molecule has 1 aliphatic heterocycles. The van der Waals surface area contributed by atoms with Crippen LogP contribution >= 0.6 is 24.8 Å². The molecule has 0 saturated heterocycles. The van der Waals surface area contributed by atoms with Crippen molar-refractivity contribution in [1.29, 1.82) is 0 Å². The van der Waals surface area contributed by atoms with Crippen molar-refractivity contribution in [2.45, 2.75) is 24.5 Å². The number of carbonyl (C=O) groups excluding carboxylic acids is 1. The maximum Gasteiger partial charge on any atom is 0.244 e. The minimum atomic E-state index is -3.72. The number of benzene rings is 1. The molecular weight excluding hydrogens is 411 g/mol. The predicted octanol–water partition coefficient (Wildman–Crippen LogP) is 1.47. The summed E-state index contributed by atoms with van der Waals surface area (Å²) >= 11 is 0. The molecule has 148 valence electrons. The maximum atomic E-state index is 12.4. The predicted molar refractivity (Wildman–Crippen MR) is 107 cm³/mol. The first-order valence-electron chi connectivity index (χ1n) is 7.91. The number of rotatable bonds is 6. The molecule has 0 aliphatic carbocycles. The number of nitrogens with zero attached hydrogens (tertiary/aromatic N) is 2. The number of hydrogen-bond donors (Lipinski definition) is 2. The summed E-state index contributed by atoms with van der Waals surface area (Å²) in [6.45, 7) is 1.83. The van der Waals surface area contributed by atoms with Gasteiger partial charge in [0, 0.05) is 39.1 Å². The van der Waals surface area contributed by atoms with E-state index < -0.39 is 10.0 Å². The number of aromatic nitrogens is 1. The van der Waals surface area contributed by atoms with Gasteiger partial charge in [-0.1, -0.05) is 18.2 Å². The molecule has 0 spiro atoms. The lowest BCUT2D eigenvalue weighted by Gasteiger charge is -2.16. The highest BCUT2D eigenvalue weighted by atomic mass is 35.5. The van der Waals surface area contributed by atoms with Crippen molar-refractivity contribution in [1.82, 2.24) is 19.9 Å². The summed E-state index contributed by atoms with van der Waals surface area (Å²) in [5, 5.41) is 6.04. The van der Waals surface area contributed by atoms with Crippen LogP contribution in [0.4, 0.5) is 0 Å². The molecule has 0 unspecified atom stereocenters. The SMILES string of the molecule is CN(CC(=O)NCc1ccc2c(c1)CNC2)S(=O)(=O)c1cccnc1.Cl.Cl. The molecule has 1 aromatic carbocycles. The lowest BCUT2D eigenvalue weighted by Crippen LogP contribution is -2.38. The van der Waals surface area contributed by atoms with Gasteiger partial charge >= 0.3 is 0 Å². The molecular formula is C17H22Cl2N4O3S. The van der Waals surface area contributed by atoms with Crippen molar-refractivity contribution in [2.75, 3.05) is 13.6 Å². The second-order valence-electron chi connectivity index (χ2n) is 5.93. The molecule has 0 saturated carbocycles. The molecule has 0 radical (unpaired) electrons. The molecule has 10 heteroatoms. The Bertz CT molecular complexity index is 879. The third-order valence-corrected chi connectivity index (χ3v) is 5.89. The van der Waals surface area contributed by atoms with Gasteiger partial charge in [-0.05, 0) is 28.8 Å². The van der Waals surface area contributed by atoms with Crippen LogP contribution in [-0.4, -0.2) is 37.2 Å². The van der Waals surface area contributed by atoms with E-state index in [0.717, 1.165) is 23.0 Å². The number of carbonyl (C=O) groups is 1. The molecule has 2 aromatic rings. The molecule has 2 heterocycles. The number of nitrogens with one attached hydrogen (secondary N) is 2. The Hall–Kier alpha value is -1.71. The van der Waals surface area contributed by atoms with Crippen molar-refractivity contribution in [3.05, 3.63) is 59.4 Å². The number of hydrogen-bond acceptors (Lipinski definition) is 5. The Morgan fingerprint density at radius 2 is 1.96 bits per heavy atom. The van der Waals surface area contributed by atoms with E-state index in [1.54, 1.807) is 6.07 Å². The number of halogens is 2. The fourth-order valence-electron chi connectivity index (χ4n) is 2.68. The van der Waals surface area contributed by atoms with E-state index in [1.807, 2.05) is 6.07 Å². The molecule has 7 nitrogen and oxygen atoms in total. The van der Waals surface area contributed by atoms with Crippen LogP contribution in [0.15, 0.2) is 47.6 Å². The fourth-order valence-corrected chi connectivity index (χ4v) is 3.77. The first-order chi connectivity index (χ1) is 12.0. The summed E-state index contributed by atoms with van der Waals surface area (Å²) in [6, 6.07) is 9.09. The Morgan fingerprint density at radius 1 is 1.22 bits per heavy atom. The van der Waals surface area contributed by atoms with E-state index >= 15 is 0 Å². The largest absolute Gasteiger partial charge is 0.351 e. The molecule has 0 atom stereocenters. The van der Waals surface area contributed by atoms with Crippen LogP contribution in [0.3, 0.4) is 0 Å². The summed E-state index contributed by atoms with van der Waals surface area (Å²) in [7, 11) is -2.35. The van der Waals surface area contributed by atoms with E-state index in [9.17, 15) is 13.2 Å². The van der Waals surface area contributed by atoms with E-state index in [0.29, 0.717) is 6.54 Å². The fraction of sp³-hybridized carbons (Fsp3) is 0.294. The zero-order chi connectivity index (χ0) is 17.9. The molecule has 0 bridgehead atoms. The highest BCUT2D eigenvalue weighted by Gasteiger charge is 2.23. The standard InChI is InChI=1S/C17H20N4O3S.2ClH/c1-21(25(23,24)16-3-2-6-18-11-16)12-17(22)20-8-13-4-5-14-9-19-10-15(14)7-13;;/h2-7,11,19H,8-10,12H2,1H3,(H,20,22);2*1H. The van der Waals surface area contributed by atoms with Crippen molar-refractivity contribution >= 4 is 40.7 Å². The zero-order valence-corrected chi connectivity index (χ0v) is 17.2. The van der Waals surface area contributed by atoms with Gasteiger partial charge < -0.3 is 10.6 Å². The van der Waals surface area contributed by atoms with Crippen LogP contribution in [0.5, 0.6) is 0 Å². The van der Waals surface area contributed by atoms with Gasteiger partial charge in [0.1, 0.15) is 4.90 Å². The lowest BCUT2D eigenvalue weighted by molar-refractivity contribution is -0.121. The number of fused-ring (bicyclic) bond motifs is 1. The molecule has 2 N–H and O–H groups in total. The minimum Gasteiger partial charge on any atom is -0.351 e.